The molecule has 1 fully saturated rings. The maximum Gasteiger partial charge on any atom is 0.336 e. The summed E-state index contributed by atoms with van der Waals surface area (Å²) in [5, 5.41) is 13.0. The first-order valence-electron chi connectivity index (χ1n) is 7.92. The van der Waals surface area contributed by atoms with Gasteiger partial charge >= 0.3 is 5.97 Å². The highest BCUT2D eigenvalue weighted by Gasteiger charge is 2.16. The van der Waals surface area contributed by atoms with Crippen molar-refractivity contribution in [1.29, 1.82) is 0 Å². The van der Waals surface area contributed by atoms with Crippen molar-refractivity contribution in [1.82, 2.24) is 5.32 Å². The van der Waals surface area contributed by atoms with Gasteiger partial charge in [0.15, 0.2) is 0 Å². The van der Waals surface area contributed by atoms with Gasteiger partial charge in [0.05, 0.1) is 5.56 Å². The van der Waals surface area contributed by atoms with Gasteiger partial charge in [-0.05, 0) is 48.2 Å². The first-order valence-corrected chi connectivity index (χ1v) is 7.92. The van der Waals surface area contributed by atoms with Crippen LogP contribution < -0.4 is 5.32 Å². The van der Waals surface area contributed by atoms with Crippen LogP contribution in [0, 0.1) is 0 Å². The minimum Gasteiger partial charge on any atom is -0.478 e. The summed E-state index contributed by atoms with van der Waals surface area (Å²) in [6, 6.07) is 15.8. The maximum atomic E-state index is 11.4. The molecule has 0 aliphatic carbocycles. The highest BCUT2D eigenvalue weighted by atomic mass is 16.4. The predicted molar refractivity (Wildman–Crippen MR) is 88.0 cm³/mol. The third-order valence-electron chi connectivity index (χ3n) is 4.32. The van der Waals surface area contributed by atoms with Gasteiger partial charge in [-0.15, -0.1) is 0 Å². The number of benzene rings is 2. The van der Waals surface area contributed by atoms with Crippen LogP contribution in [0.3, 0.4) is 0 Å². The molecule has 2 aromatic carbocycles. The Morgan fingerprint density at radius 3 is 2.77 bits per heavy atom. The maximum absolute atomic E-state index is 11.4. The summed E-state index contributed by atoms with van der Waals surface area (Å²) in [6.07, 6.45) is 4.90. The van der Waals surface area contributed by atoms with Crippen molar-refractivity contribution in [2.75, 3.05) is 6.54 Å². The monoisotopic (exact) mass is 295 g/mol. The molecule has 3 rings (SSSR count). The van der Waals surface area contributed by atoms with Gasteiger partial charge in [-0.25, -0.2) is 4.79 Å². The molecular formula is C19H21NO2. The van der Waals surface area contributed by atoms with E-state index in [1.807, 2.05) is 24.3 Å². The molecule has 1 aliphatic heterocycles. The fraction of sp³-hybridized carbons (Fsp3) is 0.316. The lowest BCUT2D eigenvalue weighted by Gasteiger charge is -2.17. The van der Waals surface area contributed by atoms with E-state index in [1.165, 1.54) is 24.8 Å². The third-order valence-corrected chi connectivity index (χ3v) is 4.32. The van der Waals surface area contributed by atoms with Crippen molar-refractivity contribution >= 4 is 5.97 Å². The zero-order chi connectivity index (χ0) is 15.4. The average Bonchev–Trinajstić information content (AvgIpc) is 2.84. The van der Waals surface area contributed by atoms with Crippen LogP contribution in [0.15, 0.2) is 48.5 Å². The van der Waals surface area contributed by atoms with Crippen molar-refractivity contribution in [3.05, 3.63) is 59.7 Å². The molecule has 0 amide bonds. The third kappa shape index (κ3) is 3.20. The largest absolute Gasteiger partial charge is 0.478 e. The number of carboxylic acids is 1. The van der Waals surface area contributed by atoms with Crippen molar-refractivity contribution in [2.24, 2.45) is 0 Å². The van der Waals surface area contributed by atoms with E-state index in [9.17, 15) is 9.90 Å². The van der Waals surface area contributed by atoms with E-state index in [0.29, 0.717) is 11.6 Å². The van der Waals surface area contributed by atoms with E-state index in [2.05, 4.69) is 17.4 Å². The Balaban J connectivity index is 1.96. The van der Waals surface area contributed by atoms with Gasteiger partial charge in [-0.1, -0.05) is 49.2 Å². The molecule has 0 spiro atoms. The van der Waals surface area contributed by atoms with E-state index < -0.39 is 5.97 Å². The Morgan fingerprint density at radius 2 is 1.91 bits per heavy atom. The van der Waals surface area contributed by atoms with E-state index in [1.54, 1.807) is 12.1 Å². The van der Waals surface area contributed by atoms with Gasteiger partial charge in [-0.2, -0.15) is 0 Å². The van der Waals surface area contributed by atoms with E-state index in [0.717, 1.165) is 24.1 Å². The quantitative estimate of drug-likeness (QED) is 0.889. The van der Waals surface area contributed by atoms with E-state index in [4.69, 9.17) is 0 Å². The van der Waals surface area contributed by atoms with Crippen molar-refractivity contribution < 1.29 is 9.90 Å². The second-order valence-electron chi connectivity index (χ2n) is 5.83. The van der Waals surface area contributed by atoms with Crippen LogP contribution in [0.5, 0.6) is 0 Å². The first-order chi connectivity index (χ1) is 10.8. The Hall–Kier alpha value is -2.13. The molecule has 1 saturated heterocycles. The number of rotatable bonds is 3. The molecule has 0 aromatic heterocycles. The predicted octanol–water partition coefficient (Wildman–Crippen LogP) is 4.26. The van der Waals surface area contributed by atoms with Crippen LogP contribution >= 0.6 is 0 Å². The molecular weight excluding hydrogens is 274 g/mol. The molecule has 2 N–H and O–H groups in total. The molecule has 0 saturated carbocycles. The summed E-state index contributed by atoms with van der Waals surface area (Å²) in [4.78, 5) is 11.4. The van der Waals surface area contributed by atoms with Gasteiger partial charge in [0, 0.05) is 6.04 Å². The van der Waals surface area contributed by atoms with Gasteiger partial charge in [0.2, 0.25) is 0 Å². The van der Waals surface area contributed by atoms with Crippen LogP contribution in [0.25, 0.3) is 11.1 Å². The Morgan fingerprint density at radius 1 is 1.05 bits per heavy atom. The fourth-order valence-corrected chi connectivity index (χ4v) is 3.16. The van der Waals surface area contributed by atoms with Crippen molar-refractivity contribution in [3.63, 3.8) is 0 Å². The summed E-state index contributed by atoms with van der Waals surface area (Å²) in [5.41, 5.74) is 3.36. The minimum atomic E-state index is -0.881. The molecule has 0 unspecified atom stereocenters. The highest BCUT2D eigenvalue weighted by molar-refractivity contribution is 5.96. The van der Waals surface area contributed by atoms with Gasteiger partial charge in [-0.3, -0.25) is 0 Å². The lowest BCUT2D eigenvalue weighted by atomic mass is 9.95. The van der Waals surface area contributed by atoms with Gasteiger partial charge in [0.25, 0.3) is 0 Å². The lowest BCUT2D eigenvalue weighted by Crippen LogP contribution is -2.20. The molecule has 3 nitrogen and oxygen atoms in total. The summed E-state index contributed by atoms with van der Waals surface area (Å²) in [5.74, 6) is -0.881. The van der Waals surface area contributed by atoms with Crippen molar-refractivity contribution in [2.45, 2.75) is 31.7 Å². The number of hydrogen-bond donors (Lipinski definition) is 2. The van der Waals surface area contributed by atoms with Crippen LogP contribution in [-0.4, -0.2) is 17.6 Å². The smallest absolute Gasteiger partial charge is 0.336 e. The number of carbonyl (C=O) groups is 1. The minimum absolute atomic E-state index is 0.355. The molecule has 114 valence electrons. The molecule has 0 bridgehead atoms. The Bertz CT molecular complexity index is 658. The van der Waals surface area contributed by atoms with Gasteiger partial charge < -0.3 is 10.4 Å². The van der Waals surface area contributed by atoms with E-state index in [-0.39, 0.29) is 0 Å². The summed E-state index contributed by atoms with van der Waals surface area (Å²) < 4.78 is 0. The number of aromatic carboxylic acids is 1. The Labute approximate surface area is 131 Å². The van der Waals surface area contributed by atoms with Crippen LogP contribution in [0.2, 0.25) is 0 Å². The normalized spacial score (nSPS) is 18.6. The van der Waals surface area contributed by atoms with Crippen LogP contribution in [0.1, 0.15) is 47.6 Å². The van der Waals surface area contributed by atoms with Gasteiger partial charge in [0.1, 0.15) is 0 Å². The molecule has 1 heterocycles. The lowest BCUT2D eigenvalue weighted by molar-refractivity contribution is 0.0697. The Kier molecular flexibility index (Phi) is 4.54. The standard InChI is InChI=1S/C19H21NO2/c21-19(22)17-10-4-3-9-16(17)14-7-6-8-15(13-14)18-11-2-1-5-12-20-18/h3-4,6-10,13,18,20H,1-2,5,11-12H2,(H,21,22)/t18-/m0/s1. The second-order valence-corrected chi connectivity index (χ2v) is 5.83. The fourth-order valence-electron chi connectivity index (χ4n) is 3.16. The number of carboxylic acid groups (broad SMARTS) is 1. The molecule has 22 heavy (non-hydrogen) atoms. The van der Waals surface area contributed by atoms with Crippen LogP contribution in [-0.2, 0) is 0 Å². The van der Waals surface area contributed by atoms with Crippen LogP contribution in [0.4, 0.5) is 0 Å². The summed E-state index contributed by atoms with van der Waals surface area (Å²) in [7, 11) is 0. The molecule has 3 heteroatoms. The molecule has 1 aliphatic rings. The van der Waals surface area contributed by atoms with Crippen molar-refractivity contribution in [3.8, 4) is 11.1 Å². The number of hydrogen-bond acceptors (Lipinski definition) is 2. The highest BCUT2D eigenvalue weighted by Crippen LogP contribution is 2.29. The molecule has 1 atom stereocenters. The molecule has 2 aromatic rings. The zero-order valence-corrected chi connectivity index (χ0v) is 12.6. The first kappa shape index (κ1) is 14.8. The van der Waals surface area contributed by atoms with E-state index >= 15 is 0 Å². The average molecular weight is 295 g/mol. The zero-order valence-electron chi connectivity index (χ0n) is 12.6. The number of nitrogens with one attached hydrogen (secondary N) is 1. The topological polar surface area (TPSA) is 49.3 Å². The second kappa shape index (κ2) is 6.75. The summed E-state index contributed by atoms with van der Waals surface area (Å²) >= 11 is 0. The molecule has 0 radical (unpaired) electrons. The SMILES string of the molecule is O=C(O)c1ccccc1-c1cccc([C@@H]2CCCCCN2)c1. The summed E-state index contributed by atoms with van der Waals surface area (Å²) in [6.45, 7) is 1.06.